The average Bonchev–Trinajstić information content (AvgIpc) is 2.90. The van der Waals surface area contributed by atoms with Gasteiger partial charge in [0.1, 0.15) is 0 Å². The molecule has 7 nitrogen and oxygen atoms in total. The average molecular weight is 400 g/mol. The number of anilines is 1. The van der Waals surface area contributed by atoms with Crippen LogP contribution in [0.3, 0.4) is 0 Å². The zero-order valence-corrected chi connectivity index (χ0v) is 16.4. The van der Waals surface area contributed by atoms with Gasteiger partial charge in [0.25, 0.3) is 11.8 Å². The zero-order chi connectivity index (χ0) is 20.5. The molecule has 0 saturated carbocycles. The molecule has 1 heterocycles. The van der Waals surface area contributed by atoms with Gasteiger partial charge >= 0.3 is 0 Å². The minimum Gasteiger partial charge on any atom is -0.325 e. The fraction of sp³-hybridized carbons (Fsp3) is 0.250. The summed E-state index contributed by atoms with van der Waals surface area (Å²) < 4.78 is 24.3. The molecule has 1 N–H and O–H groups in total. The van der Waals surface area contributed by atoms with Crippen molar-refractivity contribution in [3.8, 4) is 0 Å². The van der Waals surface area contributed by atoms with Crippen LogP contribution in [0.1, 0.15) is 39.6 Å². The number of rotatable bonds is 6. The molecule has 28 heavy (non-hydrogen) atoms. The topological polar surface area (TPSA) is 101 Å². The monoisotopic (exact) mass is 400 g/mol. The third-order valence-electron chi connectivity index (χ3n) is 4.56. The Kier molecular flexibility index (Phi) is 5.33. The fourth-order valence-electron chi connectivity index (χ4n) is 3.03. The van der Waals surface area contributed by atoms with Gasteiger partial charge in [-0.3, -0.25) is 19.3 Å². The summed E-state index contributed by atoms with van der Waals surface area (Å²) in [6.45, 7) is 3.27. The number of aryl methyl sites for hydroxylation is 1. The molecule has 0 aromatic heterocycles. The molecular weight excluding hydrogens is 380 g/mol. The molecule has 0 atom stereocenters. The van der Waals surface area contributed by atoms with Crippen molar-refractivity contribution >= 4 is 33.2 Å². The van der Waals surface area contributed by atoms with Gasteiger partial charge in [-0.15, -0.1) is 0 Å². The predicted molar refractivity (Wildman–Crippen MR) is 104 cm³/mol. The molecular formula is C20H20N2O5S. The normalized spacial score (nSPS) is 13.6. The van der Waals surface area contributed by atoms with Crippen LogP contribution in [0.2, 0.25) is 0 Å². The van der Waals surface area contributed by atoms with Crippen molar-refractivity contribution in [3.05, 3.63) is 59.2 Å². The Labute approximate surface area is 163 Å². The molecule has 0 radical (unpaired) electrons. The molecule has 0 saturated heterocycles. The largest absolute Gasteiger partial charge is 0.325 e. The third-order valence-corrected chi connectivity index (χ3v) is 6.35. The van der Waals surface area contributed by atoms with Gasteiger partial charge < -0.3 is 5.32 Å². The molecule has 2 aromatic rings. The van der Waals surface area contributed by atoms with E-state index in [1.165, 1.54) is 19.1 Å². The summed E-state index contributed by atoms with van der Waals surface area (Å²) in [6.07, 6.45) is -0.134. The second kappa shape index (κ2) is 7.55. The summed E-state index contributed by atoms with van der Waals surface area (Å²) in [5.41, 5.74) is 1.72. The van der Waals surface area contributed by atoms with Crippen molar-refractivity contribution in [2.24, 2.45) is 0 Å². The summed E-state index contributed by atoms with van der Waals surface area (Å²) in [7, 11) is -3.50. The first kappa shape index (κ1) is 19.8. The first-order valence-electron chi connectivity index (χ1n) is 8.83. The number of sulfone groups is 1. The van der Waals surface area contributed by atoms with Crippen molar-refractivity contribution in [2.75, 3.05) is 17.6 Å². The Morgan fingerprint density at radius 2 is 1.71 bits per heavy atom. The van der Waals surface area contributed by atoms with Gasteiger partial charge in [-0.05, 0) is 31.2 Å². The first-order chi connectivity index (χ1) is 13.2. The molecule has 0 spiro atoms. The standard InChI is InChI=1S/C20H20N2O5S/c1-3-28(26,27)17-7-5-4-6-16(17)21-18(23)10-11-22-19(24)14-9-8-13(2)12-15(14)20(22)25/h4-9,12H,3,10-11H2,1-2H3,(H,21,23). The Morgan fingerprint density at radius 1 is 1.04 bits per heavy atom. The van der Waals surface area contributed by atoms with Crippen LogP contribution in [0.15, 0.2) is 47.4 Å². The summed E-state index contributed by atoms with van der Waals surface area (Å²) in [5, 5.41) is 2.57. The number of carbonyl (C=O) groups excluding carboxylic acids is 3. The minimum absolute atomic E-state index is 0.0436. The van der Waals surface area contributed by atoms with Gasteiger partial charge in [-0.1, -0.05) is 30.7 Å². The van der Waals surface area contributed by atoms with Gasteiger partial charge in [0.2, 0.25) is 5.91 Å². The van der Waals surface area contributed by atoms with Crippen LogP contribution in [0.25, 0.3) is 0 Å². The van der Waals surface area contributed by atoms with Gasteiger partial charge in [-0.2, -0.15) is 0 Å². The number of benzene rings is 2. The lowest BCUT2D eigenvalue weighted by atomic mass is 10.1. The van der Waals surface area contributed by atoms with E-state index in [0.29, 0.717) is 11.1 Å². The Balaban J connectivity index is 1.70. The quantitative estimate of drug-likeness (QED) is 0.751. The molecule has 0 bridgehead atoms. The summed E-state index contributed by atoms with van der Waals surface area (Å²) in [6, 6.07) is 11.2. The van der Waals surface area contributed by atoms with Gasteiger partial charge in [0.15, 0.2) is 9.84 Å². The van der Waals surface area contributed by atoms with Gasteiger partial charge in [0, 0.05) is 13.0 Å². The van der Waals surface area contributed by atoms with Crippen LogP contribution in [0.4, 0.5) is 5.69 Å². The predicted octanol–water partition coefficient (Wildman–Crippen LogP) is 2.41. The second-order valence-electron chi connectivity index (χ2n) is 6.51. The van der Waals surface area contributed by atoms with E-state index in [4.69, 9.17) is 0 Å². The molecule has 0 unspecified atom stereocenters. The van der Waals surface area contributed by atoms with E-state index < -0.39 is 27.6 Å². The molecule has 3 rings (SSSR count). The highest BCUT2D eigenvalue weighted by atomic mass is 32.2. The van der Waals surface area contributed by atoms with Crippen LogP contribution < -0.4 is 5.32 Å². The van der Waals surface area contributed by atoms with Crippen LogP contribution in [-0.2, 0) is 14.6 Å². The number of nitrogens with one attached hydrogen (secondary N) is 1. The maximum atomic E-state index is 12.4. The van der Waals surface area contributed by atoms with E-state index in [1.54, 1.807) is 30.3 Å². The lowest BCUT2D eigenvalue weighted by Crippen LogP contribution is -2.33. The number of hydrogen-bond acceptors (Lipinski definition) is 5. The van der Waals surface area contributed by atoms with Crippen molar-refractivity contribution in [2.45, 2.75) is 25.2 Å². The summed E-state index contributed by atoms with van der Waals surface area (Å²) in [5.74, 6) is -1.42. The van der Waals surface area contributed by atoms with Crippen LogP contribution in [0, 0.1) is 6.92 Å². The molecule has 1 aliphatic rings. The third kappa shape index (κ3) is 3.68. The first-order valence-corrected chi connectivity index (χ1v) is 10.5. The number of hydrogen-bond donors (Lipinski definition) is 1. The Hall–Kier alpha value is -3.00. The highest BCUT2D eigenvalue weighted by Crippen LogP contribution is 2.25. The molecule has 3 amide bonds. The van der Waals surface area contributed by atoms with E-state index in [9.17, 15) is 22.8 Å². The van der Waals surface area contributed by atoms with Crippen LogP contribution in [0.5, 0.6) is 0 Å². The fourth-order valence-corrected chi connectivity index (χ4v) is 4.08. The highest BCUT2D eigenvalue weighted by Gasteiger charge is 2.35. The lowest BCUT2D eigenvalue weighted by molar-refractivity contribution is -0.116. The molecule has 2 aromatic carbocycles. The van der Waals surface area contributed by atoms with E-state index in [-0.39, 0.29) is 29.3 Å². The van der Waals surface area contributed by atoms with Crippen LogP contribution in [-0.4, -0.2) is 43.3 Å². The van der Waals surface area contributed by atoms with Crippen molar-refractivity contribution < 1.29 is 22.8 Å². The number of nitrogens with zero attached hydrogens (tertiary/aromatic N) is 1. The van der Waals surface area contributed by atoms with E-state index in [1.807, 2.05) is 6.92 Å². The highest BCUT2D eigenvalue weighted by molar-refractivity contribution is 7.91. The van der Waals surface area contributed by atoms with E-state index >= 15 is 0 Å². The summed E-state index contributed by atoms with van der Waals surface area (Å²) >= 11 is 0. The van der Waals surface area contributed by atoms with Crippen LogP contribution >= 0.6 is 0 Å². The minimum atomic E-state index is -3.50. The molecule has 146 valence electrons. The number of para-hydroxylation sites is 1. The number of amides is 3. The molecule has 8 heteroatoms. The number of imide groups is 1. The van der Waals surface area contributed by atoms with Gasteiger partial charge in [0.05, 0.1) is 27.5 Å². The maximum Gasteiger partial charge on any atom is 0.261 e. The smallest absolute Gasteiger partial charge is 0.261 e. The SMILES string of the molecule is CCS(=O)(=O)c1ccccc1NC(=O)CCN1C(=O)c2ccc(C)cc2C1=O. The van der Waals surface area contributed by atoms with E-state index in [2.05, 4.69) is 5.32 Å². The Bertz CT molecular complexity index is 1080. The van der Waals surface area contributed by atoms with Crippen molar-refractivity contribution in [1.29, 1.82) is 0 Å². The Morgan fingerprint density at radius 3 is 2.43 bits per heavy atom. The maximum absolute atomic E-state index is 12.4. The molecule has 0 fully saturated rings. The number of fused-ring (bicyclic) bond motifs is 1. The molecule has 1 aliphatic heterocycles. The van der Waals surface area contributed by atoms with E-state index in [0.717, 1.165) is 10.5 Å². The second-order valence-corrected chi connectivity index (χ2v) is 8.76. The van der Waals surface area contributed by atoms with Crippen molar-refractivity contribution in [3.63, 3.8) is 0 Å². The summed E-state index contributed by atoms with van der Waals surface area (Å²) in [4.78, 5) is 38.3. The lowest BCUT2D eigenvalue weighted by Gasteiger charge is -2.14. The zero-order valence-electron chi connectivity index (χ0n) is 15.6. The van der Waals surface area contributed by atoms with Crippen molar-refractivity contribution in [1.82, 2.24) is 4.90 Å². The number of carbonyl (C=O) groups is 3. The molecule has 0 aliphatic carbocycles. The van der Waals surface area contributed by atoms with Gasteiger partial charge in [-0.25, -0.2) is 8.42 Å².